The van der Waals surface area contributed by atoms with Gasteiger partial charge in [0.15, 0.2) is 4.77 Å². The Bertz CT molecular complexity index is 1180. The van der Waals surface area contributed by atoms with E-state index >= 15 is 4.39 Å². The molecule has 4 rings (SSSR count). The van der Waals surface area contributed by atoms with Crippen LogP contribution in [-0.2, 0) is 31.2 Å². The van der Waals surface area contributed by atoms with E-state index in [0.717, 1.165) is 18.4 Å². The molecular formula is C24H32FN2O5PS. The molecule has 0 radical (unpaired) electrons. The van der Waals surface area contributed by atoms with Crippen molar-refractivity contribution in [1.29, 1.82) is 0 Å². The fraction of sp³-hybridized carbons (Fsp3) is 0.583. The first kappa shape index (κ1) is 25.5. The van der Waals surface area contributed by atoms with Gasteiger partial charge in [0.1, 0.15) is 17.8 Å². The third-order valence-electron chi connectivity index (χ3n) is 6.02. The molecule has 34 heavy (non-hydrogen) atoms. The zero-order valence-corrected chi connectivity index (χ0v) is 22.1. The minimum atomic E-state index is -1.69. The van der Waals surface area contributed by atoms with Gasteiger partial charge in [0.2, 0.25) is 0 Å². The summed E-state index contributed by atoms with van der Waals surface area (Å²) in [6.07, 6.45) is 2.71. The fourth-order valence-electron chi connectivity index (χ4n) is 4.13. The van der Waals surface area contributed by atoms with Gasteiger partial charge < -0.3 is 9.26 Å². The molecule has 1 saturated heterocycles. The van der Waals surface area contributed by atoms with E-state index in [2.05, 4.69) is 25.8 Å². The Morgan fingerprint density at radius 2 is 1.91 bits per heavy atom. The van der Waals surface area contributed by atoms with E-state index in [1.54, 1.807) is 10.8 Å². The van der Waals surface area contributed by atoms with Crippen molar-refractivity contribution in [3.8, 4) is 5.75 Å². The molecule has 186 valence electrons. The quantitative estimate of drug-likeness (QED) is 0.392. The number of nitrogens with one attached hydrogen (secondary N) is 1. The zero-order valence-electron chi connectivity index (χ0n) is 20.4. The van der Waals surface area contributed by atoms with Crippen LogP contribution in [-0.4, -0.2) is 22.3 Å². The van der Waals surface area contributed by atoms with E-state index in [1.165, 1.54) is 6.07 Å². The second kappa shape index (κ2) is 9.43. The SMILES string of the molecule is CC(C)(C)c1cc(C(C)(C)C)c2c(c1F)COP(OCC1CCC(n3ccc(=O)[nH]c3=S)O1)O2. The number of aromatic amines is 1. The predicted octanol–water partition coefficient (Wildman–Crippen LogP) is 6.17. The molecule has 3 atom stereocenters. The highest BCUT2D eigenvalue weighted by Gasteiger charge is 2.36. The number of halogens is 1. The summed E-state index contributed by atoms with van der Waals surface area (Å²) in [4.78, 5) is 14.0. The van der Waals surface area contributed by atoms with Gasteiger partial charge in [-0.2, -0.15) is 0 Å². The number of nitrogens with zero attached hydrogens (tertiary/aromatic N) is 1. The first-order chi connectivity index (χ1) is 15.8. The molecule has 0 amide bonds. The lowest BCUT2D eigenvalue weighted by Crippen LogP contribution is -2.23. The lowest BCUT2D eigenvalue weighted by molar-refractivity contribution is -0.0221. The molecule has 0 saturated carbocycles. The van der Waals surface area contributed by atoms with Crippen LogP contribution in [0.15, 0.2) is 23.1 Å². The average molecular weight is 511 g/mol. The molecule has 1 fully saturated rings. The van der Waals surface area contributed by atoms with Crippen LogP contribution >= 0.6 is 20.8 Å². The van der Waals surface area contributed by atoms with Crippen molar-refractivity contribution in [2.45, 2.75) is 84.2 Å². The number of rotatable bonds is 4. The maximum atomic E-state index is 15.4. The highest BCUT2D eigenvalue weighted by Crippen LogP contribution is 2.52. The number of fused-ring (bicyclic) bond motifs is 1. The van der Waals surface area contributed by atoms with Crippen molar-refractivity contribution in [3.63, 3.8) is 0 Å². The van der Waals surface area contributed by atoms with Crippen LogP contribution in [0.4, 0.5) is 4.39 Å². The predicted molar refractivity (Wildman–Crippen MR) is 131 cm³/mol. The van der Waals surface area contributed by atoms with Crippen LogP contribution in [0.5, 0.6) is 5.75 Å². The second-order valence-corrected chi connectivity index (χ2v) is 12.3. The normalized spacial score (nSPS) is 23.0. The Morgan fingerprint density at radius 1 is 1.21 bits per heavy atom. The molecular weight excluding hydrogens is 478 g/mol. The van der Waals surface area contributed by atoms with Crippen LogP contribution in [0.1, 0.15) is 77.3 Å². The van der Waals surface area contributed by atoms with Crippen LogP contribution < -0.4 is 10.1 Å². The molecule has 1 aromatic carbocycles. The summed E-state index contributed by atoms with van der Waals surface area (Å²) in [5, 5.41) is 0. The number of hydrogen-bond donors (Lipinski definition) is 1. The van der Waals surface area contributed by atoms with E-state index in [9.17, 15) is 4.79 Å². The van der Waals surface area contributed by atoms with E-state index < -0.39 is 8.60 Å². The third kappa shape index (κ3) is 5.29. The fourth-order valence-corrected chi connectivity index (χ4v) is 5.47. The van der Waals surface area contributed by atoms with Crippen LogP contribution in [0, 0.1) is 10.6 Å². The molecule has 2 aliphatic rings. The topological polar surface area (TPSA) is 74.7 Å². The molecule has 2 aliphatic heterocycles. The number of H-pyrrole nitrogens is 1. The van der Waals surface area contributed by atoms with Gasteiger partial charge in [-0.25, -0.2) is 4.39 Å². The molecule has 2 aromatic rings. The second-order valence-electron chi connectivity index (χ2n) is 10.8. The van der Waals surface area contributed by atoms with Gasteiger partial charge in [0, 0.05) is 17.8 Å². The van der Waals surface area contributed by atoms with Crippen LogP contribution in [0.25, 0.3) is 0 Å². The minimum absolute atomic E-state index is 0.0978. The van der Waals surface area contributed by atoms with Crippen molar-refractivity contribution in [1.82, 2.24) is 9.55 Å². The maximum absolute atomic E-state index is 15.4. The average Bonchev–Trinajstić information content (AvgIpc) is 3.19. The molecule has 0 aliphatic carbocycles. The molecule has 7 nitrogen and oxygen atoms in total. The maximum Gasteiger partial charge on any atom is 0.397 e. The van der Waals surface area contributed by atoms with Crippen molar-refractivity contribution in [3.05, 3.63) is 56.0 Å². The summed E-state index contributed by atoms with van der Waals surface area (Å²) in [7, 11) is -1.69. The molecule has 1 aromatic heterocycles. The summed E-state index contributed by atoms with van der Waals surface area (Å²) >= 11 is 5.23. The monoisotopic (exact) mass is 510 g/mol. The summed E-state index contributed by atoms with van der Waals surface area (Å²) in [6.45, 7) is 12.6. The zero-order chi connectivity index (χ0) is 24.8. The highest BCUT2D eigenvalue weighted by molar-refractivity contribution is 7.71. The number of ether oxygens (including phenoxy) is 1. The molecule has 10 heteroatoms. The van der Waals surface area contributed by atoms with Gasteiger partial charge in [-0.1, -0.05) is 41.5 Å². The first-order valence-electron chi connectivity index (χ1n) is 11.4. The van der Waals surface area contributed by atoms with Crippen molar-refractivity contribution >= 4 is 20.8 Å². The molecule has 1 N–H and O–H groups in total. The van der Waals surface area contributed by atoms with Crippen molar-refractivity contribution in [2.75, 3.05) is 6.61 Å². The summed E-state index contributed by atoms with van der Waals surface area (Å²) < 4.78 is 41.4. The van der Waals surface area contributed by atoms with E-state index in [0.29, 0.717) is 21.6 Å². The first-order valence-corrected chi connectivity index (χ1v) is 12.9. The molecule has 0 spiro atoms. The summed E-state index contributed by atoms with van der Waals surface area (Å²) in [6, 6.07) is 3.34. The lowest BCUT2D eigenvalue weighted by Gasteiger charge is -2.33. The van der Waals surface area contributed by atoms with Gasteiger partial charge in [-0.3, -0.25) is 23.4 Å². The molecule has 3 unspecified atom stereocenters. The minimum Gasteiger partial charge on any atom is -0.426 e. The van der Waals surface area contributed by atoms with Crippen LogP contribution in [0.3, 0.4) is 0 Å². The van der Waals surface area contributed by atoms with Crippen molar-refractivity contribution < 1.29 is 22.7 Å². The summed E-state index contributed by atoms with van der Waals surface area (Å²) in [5.41, 5.74) is 1.22. The van der Waals surface area contributed by atoms with E-state index in [4.69, 9.17) is 30.5 Å². The van der Waals surface area contributed by atoms with Gasteiger partial charge >= 0.3 is 8.60 Å². The Morgan fingerprint density at radius 3 is 2.56 bits per heavy atom. The Balaban J connectivity index is 1.46. The van der Waals surface area contributed by atoms with Crippen LogP contribution in [0.2, 0.25) is 0 Å². The highest BCUT2D eigenvalue weighted by atomic mass is 32.1. The van der Waals surface area contributed by atoms with Gasteiger partial charge in [0.05, 0.1) is 24.9 Å². The Labute approximate surface area is 205 Å². The van der Waals surface area contributed by atoms with Crippen molar-refractivity contribution in [2.24, 2.45) is 0 Å². The Hall–Kier alpha value is -1.64. The van der Waals surface area contributed by atoms with E-state index in [-0.39, 0.29) is 47.8 Å². The Kier molecular flexibility index (Phi) is 7.06. The van der Waals surface area contributed by atoms with Gasteiger partial charge in [-0.05, 0) is 47.5 Å². The third-order valence-corrected chi connectivity index (χ3v) is 7.36. The summed E-state index contributed by atoms with van der Waals surface area (Å²) in [5.74, 6) is 0.255. The van der Waals surface area contributed by atoms with Gasteiger partial charge in [0.25, 0.3) is 5.56 Å². The largest absolute Gasteiger partial charge is 0.426 e. The van der Waals surface area contributed by atoms with Gasteiger partial charge in [-0.15, -0.1) is 0 Å². The smallest absolute Gasteiger partial charge is 0.397 e. The number of aromatic nitrogens is 2. The lowest BCUT2D eigenvalue weighted by atomic mass is 9.78. The number of hydrogen-bond acceptors (Lipinski definition) is 6. The number of benzene rings is 1. The standard InChI is InChI=1S/C24H32FN2O5PS/c1-23(2,3)16-11-17(24(4,5)6)21-15(20(16)25)13-30-33(32-21)29-12-14-7-8-19(31-14)27-10-9-18(28)26-22(27)34/h9-11,14,19H,7-8,12-13H2,1-6H3,(H,26,28,34). The molecule has 0 bridgehead atoms. The molecule has 3 heterocycles. The van der Waals surface area contributed by atoms with E-state index in [1.807, 2.05) is 26.8 Å².